The van der Waals surface area contributed by atoms with E-state index in [-0.39, 0.29) is 5.91 Å². The van der Waals surface area contributed by atoms with Crippen LogP contribution in [0.15, 0.2) is 48.5 Å². The van der Waals surface area contributed by atoms with Gasteiger partial charge in [0.25, 0.3) is 5.91 Å². The Bertz CT molecular complexity index is 666. The van der Waals surface area contributed by atoms with Crippen LogP contribution in [0.3, 0.4) is 0 Å². The van der Waals surface area contributed by atoms with Gasteiger partial charge in [0.1, 0.15) is 5.75 Å². The topological polar surface area (TPSA) is 41.6 Å². The van der Waals surface area contributed by atoms with Crippen LogP contribution in [0.1, 0.15) is 41.3 Å². The molecule has 4 heteroatoms. The summed E-state index contributed by atoms with van der Waals surface area (Å²) in [6, 6.07) is 15.5. The first kappa shape index (κ1) is 19.0. The molecular weight excluding hydrogens is 312 g/mol. The van der Waals surface area contributed by atoms with Gasteiger partial charge in [-0.05, 0) is 55.9 Å². The Morgan fingerprint density at radius 2 is 1.72 bits per heavy atom. The predicted molar refractivity (Wildman–Crippen MR) is 102 cm³/mol. The van der Waals surface area contributed by atoms with E-state index in [1.807, 2.05) is 50.5 Å². The summed E-state index contributed by atoms with van der Waals surface area (Å²) in [6.45, 7) is 4.23. The lowest BCUT2D eigenvalue weighted by molar-refractivity contribution is 0.0950. The van der Waals surface area contributed by atoms with Crippen molar-refractivity contribution in [3.63, 3.8) is 0 Å². The Kier molecular flexibility index (Phi) is 7.48. The van der Waals surface area contributed by atoms with Crippen molar-refractivity contribution in [2.24, 2.45) is 0 Å². The number of unbranched alkanes of at least 4 members (excludes halogenated alkanes) is 1. The van der Waals surface area contributed by atoms with Crippen molar-refractivity contribution in [3.8, 4) is 5.75 Å². The average Bonchev–Trinajstić information content (AvgIpc) is 2.61. The van der Waals surface area contributed by atoms with Crippen molar-refractivity contribution in [1.82, 2.24) is 10.2 Å². The molecule has 2 aromatic rings. The smallest absolute Gasteiger partial charge is 0.251 e. The number of nitrogens with one attached hydrogen (secondary N) is 1. The zero-order chi connectivity index (χ0) is 18.1. The molecule has 0 aromatic heterocycles. The second kappa shape index (κ2) is 9.84. The van der Waals surface area contributed by atoms with Crippen LogP contribution in [-0.2, 0) is 13.1 Å². The van der Waals surface area contributed by atoms with Crippen molar-refractivity contribution in [1.29, 1.82) is 0 Å². The summed E-state index contributed by atoms with van der Waals surface area (Å²) in [5.41, 5.74) is 3.02. The van der Waals surface area contributed by atoms with Crippen molar-refractivity contribution < 1.29 is 9.53 Å². The Balaban J connectivity index is 1.92. The molecule has 0 aliphatic heterocycles. The molecule has 0 saturated heterocycles. The summed E-state index contributed by atoms with van der Waals surface area (Å²) in [7, 11) is 4.08. The van der Waals surface area contributed by atoms with Gasteiger partial charge in [0.15, 0.2) is 0 Å². The maximum absolute atomic E-state index is 12.4. The first-order valence-corrected chi connectivity index (χ1v) is 8.82. The lowest BCUT2D eigenvalue weighted by Gasteiger charge is -2.14. The number of benzene rings is 2. The van der Waals surface area contributed by atoms with Gasteiger partial charge in [0.05, 0.1) is 6.61 Å². The SMILES string of the molecule is CCCCOc1ccc(C(=O)NCc2ccccc2CN(C)C)cc1. The largest absolute Gasteiger partial charge is 0.494 e. The number of rotatable bonds is 9. The predicted octanol–water partition coefficient (Wildman–Crippen LogP) is 3.86. The molecule has 134 valence electrons. The minimum absolute atomic E-state index is 0.0697. The van der Waals surface area contributed by atoms with Crippen molar-refractivity contribution >= 4 is 5.91 Å². The quantitative estimate of drug-likeness (QED) is 0.705. The number of carbonyl (C=O) groups excluding carboxylic acids is 1. The van der Waals surface area contributed by atoms with Gasteiger partial charge in [-0.25, -0.2) is 0 Å². The molecule has 0 atom stereocenters. The molecule has 1 amide bonds. The third-order valence-corrected chi connectivity index (χ3v) is 3.93. The fourth-order valence-corrected chi connectivity index (χ4v) is 2.54. The van der Waals surface area contributed by atoms with Crippen molar-refractivity contribution in [3.05, 3.63) is 65.2 Å². The number of nitrogens with zero attached hydrogens (tertiary/aromatic N) is 1. The van der Waals surface area contributed by atoms with Crippen LogP contribution in [-0.4, -0.2) is 31.5 Å². The van der Waals surface area contributed by atoms with Gasteiger partial charge < -0.3 is 15.0 Å². The minimum atomic E-state index is -0.0697. The zero-order valence-corrected chi connectivity index (χ0v) is 15.4. The van der Waals surface area contributed by atoms with E-state index in [1.54, 1.807) is 0 Å². The molecule has 0 bridgehead atoms. The van der Waals surface area contributed by atoms with E-state index >= 15 is 0 Å². The summed E-state index contributed by atoms with van der Waals surface area (Å²) < 4.78 is 5.63. The Labute approximate surface area is 150 Å². The van der Waals surface area contributed by atoms with Crippen LogP contribution in [0.5, 0.6) is 5.75 Å². The third kappa shape index (κ3) is 6.24. The molecule has 0 saturated carbocycles. The fraction of sp³-hybridized carbons (Fsp3) is 0.381. The van der Waals surface area contributed by atoms with Crippen LogP contribution < -0.4 is 10.1 Å². The van der Waals surface area contributed by atoms with Crippen LogP contribution in [0, 0.1) is 0 Å². The van der Waals surface area contributed by atoms with Gasteiger partial charge in [-0.3, -0.25) is 4.79 Å². The van der Waals surface area contributed by atoms with Crippen LogP contribution >= 0.6 is 0 Å². The van der Waals surface area contributed by atoms with Crippen molar-refractivity contribution in [2.75, 3.05) is 20.7 Å². The zero-order valence-electron chi connectivity index (χ0n) is 15.4. The van der Waals surface area contributed by atoms with Crippen LogP contribution in [0.2, 0.25) is 0 Å². The molecule has 2 aromatic carbocycles. The standard InChI is InChI=1S/C21H28N2O2/c1-4-5-14-25-20-12-10-17(11-13-20)21(24)22-15-18-8-6-7-9-19(18)16-23(2)3/h6-13H,4-5,14-16H2,1-3H3,(H,22,24). The highest BCUT2D eigenvalue weighted by molar-refractivity contribution is 5.94. The van der Waals surface area contributed by atoms with Crippen LogP contribution in [0.25, 0.3) is 0 Å². The number of carbonyl (C=O) groups is 1. The third-order valence-electron chi connectivity index (χ3n) is 3.93. The summed E-state index contributed by atoms with van der Waals surface area (Å²) in [5.74, 6) is 0.737. The monoisotopic (exact) mass is 340 g/mol. The fourth-order valence-electron chi connectivity index (χ4n) is 2.54. The van der Waals surface area contributed by atoms with E-state index in [2.05, 4.69) is 29.3 Å². The molecule has 0 aliphatic rings. The van der Waals surface area contributed by atoms with E-state index in [9.17, 15) is 4.79 Å². The second-order valence-electron chi connectivity index (χ2n) is 6.42. The molecule has 0 heterocycles. The van der Waals surface area contributed by atoms with Gasteiger partial charge in [0.2, 0.25) is 0 Å². The number of amides is 1. The first-order chi connectivity index (χ1) is 12.1. The molecule has 0 spiro atoms. The van der Waals surface area contributed by atoms with Crippen LogP contribution in [0.4, 0.5) is 0 Å². The summed E-state index contributed by atoms with van der Waals surface area (Å²) >= 11 is 0. The second-order valence-corrected chi connectivity index (χ2v) is 6.42. The van der Waals surface area contributed by atoms with E-state index in [0.717, 1.165) is 30.7 Å². The van der Waals surface area contributed by atoms with E-state index in [0.29, 0.717) is 18.7 Å². The Hall–Kier alpha value is -2.33. The number of ether oxygens (including phenoxy) is 1. The molecule has 0 fully saturated rings. The highest BCUT2D eigenvalue weighted by Gasteiger charge is 2.08. The molecule has 25 heavy (non-hydrogen) atoms. The maximum Gasteiger partial charge on any atom is 0.251 e. The lowest BCUT2D eigenvalue weighted by Crippen LogP contribution is -2.24. The van der Waals surface area contributed by atoms with Gasteiger partial charge in [0, 0.05) is 18.7 Å². The van der Waals surface area contributed by atoms with Crippen molar-refractivity contribution in [2.45, 2.75) is 32.9 Å². The van der Waals surface area contributed by atoms with E-state index < -0.39 is 0 Å². The molecular formula is C21H28N2O2. The normalized spacial score (nSPS) is 10.7. The maximum atomic E-state index is 12.4. The summed E-state index contributed by atoms with van der Waals surface area (Å²) in [5, 5.41) is 3.00. The van der Waals surface area contributed by atoms with Gasteiger partial charge >= 0.3 is 0 Å². The van der Waals surface area contributed by atoms with Gasteiger partial charge in [-0.15, -0.1) is 0 Å². The summed E-state index contributed by atoms with van der Waals surface area (Å²) in [4.78, 5) is 14.5. The number of hydrogen-bond acceptors (Lipinski definition) is 3. The molecule has 0 radical (unpaired) electrons. The molecule has 2 rings (SSSR count). The molecule has 0 unspecified atom stereocenters. The highest BCUT2D eigenvalue weighted by atomic mass is 16.5. The Morgan fingerprint density at radius 1 is 1.04 bits per heavy atom. The van der Waals surface area contributed by atoms with E-state index in [1.165, 1.54) is 5.56 Å². The lowest BCUT2D eigenvalue weighted by atomic mass is 10.1. The number of hydrogen-bond donors (Lipinski definition) is 1. The summed E-state index contributed by atoms with van der Waals surface area (Å²) in [6.07, 6.45) is 2.14. The minimum Gasteiger partial charge on any atom is -0.494 e. The molecule has 0 aliphatic carbocycles. The molecule has 1 N–H and O–H groups in total. The van der Waals surface area contributed by atoms with Gasteiger partial charge in [-0.2, -0.15) is 0 Å². The highest BCUT2D eigenvalue weighted by Crippen LogP contribution is 2.14. The van der Waals surface area contributed by atoms with Gasteiger partial charge in [-0.1, -0.05) is 37.6 Å². The molecule has 4 nitrogen and oxygen atoms in total. The first-order valence-electron chi connectivity index (χ1n) is 8.82. The Morgan fingerprint density at radius 3 is 2.36 bits per heavy atom. The average molecular weight is 340 g/mol. The van der Waals surface area contributed by atoms with E-state index in [4.69, 9.17) is 4.74 Å².